The average molecular weight is 278 g/mol. The lowest BCUT2D eigenvalue weighted by atomic mass is 10.0. The van der Waals surface area contributed by atoms with E-state index >= 15 is 0 Å². The molecule has 1 aromatic heterocycles. The summed E-state index contributed by atoms with van der Waals surface area (Å²) in [6.45, 7) is 0.819. The summed E-state index contributed by atoms with van der Waals surface area (Å²) < 4.78 is 13.9. The normalized spacial score (nSPS) is 18.8. The van der Waals surface area contributed by atoms with Crippen molar-refractivity contribution >= 4 is 17.5 Å². The first-order chi connectivity index (χ1) is 9.25. The fraction of sp³-hybridized carbons (Fsp3) is 0.286. The molecule has 0 N–H and O–H groups in total. The number of nitrogens with zero attached hydrogens (tertiary/aromatic N) is 3. The van der Waals surface area contributed by atoms with Gasteiger partial charge in [-0.3, -0.25) is 0 Å². The SMILES string of the molecule is Fc1ccccc1C1CCCN1c1nccc(Cl)n1. The van der Waals surface area contributed by atoms with Gasteiger partial charge in [-0.2, -0.15) is 0 Å². The minimum atomic E-state index is -0.179. The van der Waals surface area contributed by atoms with Gasteiger partial charge in [0.05, 0.1) is 6.04 Å². The molecule has 1 saturated heterocycles. The zero-order chi connectivity index (χ0) is 13.2. The number of hydrogen-bond acceptors (Lipinski definition) is 3. The van der Waals surface area contributed by atoms with E-state index in [1.54, 1.807) is 18.3 Å². The molecule has 1 unspecified atom stereocenters. The van der Waals surface area contributed by atoms with Crippen LogP contribution in [-0.4, -0.2) is 16.5 Å². The number of halogens is 2. The summed E-state index contributed by atoms with van der Waals surface area (Å²) in [5.74, 6) is 0.389. The molecule has 2 aromatic rings. The molecule has 3 nitrogen and oxygen atoms in total. The van der Waals surface area contributed by atoms with Gasteiger partial charge < -0.3 is 4.90 Å². The van der Waals surface area contributed by atoms with Crippen molar-refractivity contribution in [3.05, 3.63) is 53.1 Å². The molecule has 5 heteroatoms. The molecule has 0 bridgehead atoms. The van der Waals surface area contributed by atoms with Gasteiger partial charge in [-0.1, -0.05) is 29.8 Å². The minimum absolute atomic E-state index is 0.0142. The van der Waals surface area contributed by atoms with Crippen LogP contribution in [0.2, 0.25) is 5.15 Å². The van der Waals surface area contributed by atoms with Crippen molar-refractivity contribution in [2.45, 2.75) is 18.9 Å². The molecule has 2 heterocycles. The van der Waals surface area contributed by atoms with E-state index in [1.165, 1.54) is 6.07 Å². The molecule has 1 aliphatic rings. The van der Waals surface area contributed by atoms with Crippen molar-refractivity contribution < 1.29 is 4.39 Å². The third-order valence-electron chi connectivity index (χ3n) is 3.38. The zero-order valence-corrected chi connectivity index (χ0v) is 11.0. The predicted octanol–water partition coefficient (Wildman–Crippen LogP) is 3.61. The lowest BCUT2D eigenvalue weighted by Crippen LogP contribution is -2.25. The molecule has 0 aliphatic carbocycles. The third-order valence-corrected chi connectivity index (χ3v) is 3.59. The zero-order valence-electron chi connectivity index (χ0n) is 10.3. The van der Waals surface area contributed by atoms with E-state index < -0.39 is 0 Å². The number of benzene rings is 1. The van der Waals surface area contributed by atoms with E-state index in [2.05, 4.69) is 9.97 Å². The Morgan fingerprint density at radius 1 is 1.26 bits per heavy atom. The van der Waals surface area contributed by atoms with Gasteiger partial charge in [0.15, 0.2) is 0 Å². The molecular formula is C14H13ClFN3. The Kier molecular flexibility index (Phi) is 3.34. The van der Waals surface area contributed by atoms with Crippen LogP contribution in [0.5, 0.6) is 0 Å². The van der Waals surface area contributed by atoms with E-state index in [9.17, 15) is 4.39 Å². The van der Waals surface area contributed by atoms with Crippen molar-refractivity contribution in [2.24, 2.45) is 0 Å². The number of anilines is 1. The largest absolute Gasteiger partial charge is 0.334 e. The second kappa shape index (κ2) is 5.13. The van der Waals surface area contributed by atoms with E-state index in [0.717, 1.165) is 19.4 Å². The van der Waals surface area contributed by atoms with Crippen LogP contribution in [0.1, 0.15) is 24.4 Å². The molecule has 1 aliphatic heterocycles. The molecule has 1 atom stereocenters. The maximum Gasteiger partial charge on any atom is 0.227 e. The smallest absolute Gasteiger partial charge is 0.227 e. The van der Waals surface area contributed by atoms with Gasteiger partial charge in [-0.15, -0.1) is 0 Å². The summed E-state index contributed by atoms with van der Waals surface area (Å²) in [4.78, 5) is 10.5. The molecule has 0 spiro atoms. The molecule has 3 rings (SSSR count). The molecule has 0 saturated carbocycles. The Morgan fingerprint density at radius 2 is 2.11 bits per heavy atom. The van der Waals surface area contributed by atoms with Gasteiger partial charge in [0, 0.05) is 18.3 Å². The summed E-state index contributed by atoms with van der Waals surface area (Å²) in [7, 11) is 0. The Morgan fingerprint density at radius 3 is 2.89 bits per heavy atom. The number of aromatic nitrogens is 2. The highest BCUT2D eigenvalue weighted by Crippen LogP contribution is 2.35. The molecule has 1 aromatic carbocycles. The van der Waals surface area contributed by atoms with Gasteiger partial charge in [0.25, 0.3) is 0 Å². The quantitative estimate of drug-likeness (QED) is 0.785. The Labute approximate surface area is 116 Å². The second-order valence-electron chi connectivity index (χ2n) is 4.55. The first kappa shape index (κ1) is 12.4. The Hall–Kier alpha value is -1.68. The lowest BCUT2D eigenvalue weighted by Gasteiger charge is -2.25. The molecule has 0 radical (unpaired) electrons. The predicted molar refractivity (Wildman–Crippen MR) is 72.8 cm³/mol. The standard InChI is InChI=1S/C14H13ClFN3/c15-13-7-8-17-14(18-13)19-9-3-6-12(19)10-4-1-2-5-11(10)16/h1-2,4-5,7-8,12H,3,6,9H2. The summed E-state index contributed by atoms with van der Waals surface area (Å²) in [6, 6.07) is 8.49. The monoisotopic (exact) mass is 277 g/mol. The molecule has 1 fully saturated rings. The van der Waals surface area contributed by atoms with Crippen molar-refractivity contribution in [3.63, 3.8) is 0 Å². The van der Waals surface area contributed by atoms with Crippen LogP contribution in [0.25, 0.3) is 0 Å². The summed E-state index contributed by atoms with van der Waals surface area (Å²) in [6.07, 6.45) is 3.52. The van der Waals surface area contributed by atoms with Gasteiger partial charge in [0.2, 0.25) is 5.95 Å². The van der Waals surface area contributed by atoms with Gasteiger partial charge in [-0.05, 0) is 25.0 Å². The third kappa shape index (κ3) is 2.40. The topological polar surface area (TPSA) is 29.0 Å². The van der Waals surface area contributed by atoms with E-state index in [-0.39, 0.29) is 11.9 Å². The number of rotatable bonds is 2. The van der Waals surface area contributed by atoms with Crippen LogP contribution in [0, 0.1) is 5.82 Å². The molecule has 0 amide bonds. The average Bonchev–Trinajstić information content (AvgIpc) is 2.88. The lowest BCUT2D eigenvalue weighted by molar-refractivity contribution is 0.577. The van der Waals surface area contributed by atoms with Crippen molar-refractivity contribution in [1.82, 2.24) is 9.97 Å². The number of hydrogen-bond donors (Lipinski definition) is 0. The summed E-state index contributed by atoms with van der Waals surface area (Å²) in [5.41, 5.74) is 0.698. The molecular weight excluding hydrogens is 265 g/mol. The van der Waals surface area contributed by atoms with Gasteiger partial charge in [0.1, 0.15) is 11.0 Å². The highest BCUT2D eigenvalue weighted by molar-refractivity contribution is 6.29. The Bertz CT molecular complexity index is 590. The fourth-order valence-electron chi connectivity index (χ4n) is 2.54. The minimum Gasteiger partial charge on any atom is -0.334 e. The maximum absolute atomic E-state index is 13.9. The van der Waals surface area contributed by atoms with E-state index in [1.807, 2.05) is 17.0 Å². The van der Waals surface area contributed by atoms with Crippen LogP contribution in [0.15, 0.2) is 36.5 Å². The first-order valence-corrected chi connectivity index (χ1v) is 6.63. The van der Waals surface area contributed by atoms with Crippen LogP contribution >= 0.6 is 11.6 Å². The highest BCUT2D eigenvalue weighted by atomic mass is 35.5. The van der Waals surface area contributed by atoms with Crippen LogP contribution in [0.3, 0.4) is 0 Å². The van der Waals surface area contributed by atoms with Crippen LogP contribution in [0.4, 0.5) is 10.3 Å². The van der Waals surface area contributed by atoms with Crippen LogP contribution < -0.4 is 4.90 Å². The molecule has 98 valence electrons. The van der Waals surface area contributed by atoms with Crippen LogP contribution in [-0.2, 0) is 0 Å². The van der Waals surface area contributed by atoms with Crippen molar-refractivity contribution in [1.29, 1.82) is 0 Å². The highest BCUT2D eigenvalue weighted by Gasteiger charge is 2.29. The fourth-order valence-corrected chi connectivity index (χ4v) is 2.67. The van der Waals surface area contributed by atoms with Gasteiger partial charge >= 0.3 is 0 Å². The maximum atomic E-state index is 13.9. The van der Waals surface area contributed by atoms with E-state index in [0.29, 0.717) is 16.7 Å². The van der Waals surface area contributed by atoms with Crippen molar-refractivity contribution in [3.8, 4) is 0 Å². The Balaban J connectivity index is 1.96. The van der Waals surface area contributed by atoms with Gasteiger partial charge in [-0.25, -0.2) is 14.4 Å². The summed E-state index contributed by atoms with van der Waals surface area (Å²) in [5, 5.41) is 0.407. The molecule has 19 heavy (non-hydrogen) atoms. The summed E-state index contributed by atoms with van der Waals surface area (Å²) >= 11 is 5.90. The second-order valence-corrected chi connectivity index (χ2v) is 4.94. The van der Waals surface area contributed by atoms with Crippen molar-refractivity contribution in [2.75, 3.05) is 11.4 Å². The van der Waals surface area contributed by atoms with E-state index in [4.69, 9.17) is 11.6 Å². The first-order valence-electron chi connectivity index (χ1n) is 6.25.